The quantitative estimate of drug-likeness (QED) is 0.574. The van der Waals surface area contributed by atoms with E-state index in [2.05, 4.69) is 59.5 Å². The fourth-order valence-corrected chi connectivity index (χ4v) is 4.29. The van der Waals surface area contributed by atoms with Gasteiger partial charge in [-0.05, 0) is 48.1 Å². The topological polar surface area (TPSA) is 23.5 Å². The van der Waals surface area contributed by atoms with Crippen LogP contribution in [0.5, 0.6) is 0 Å². The first-order valence-corrected chi connectivity index (χ1v) is 10.4. The number of nitrogens with zero attached hydrogens (tertiary/aromatic N) is 1. The van der Waals surface area contributed by atoms with Crippen LogP contribution in [-0.2, 0) is 0 Å². The third kappa shape index (κ3) is 4.52. The van der Waals surface area contributed by atoms with Crippen LogP contribution < -0.4 is 0 Å². The zero-order chi connectivity index (χ0) is 19.2. The van der Waals surface area contributed by atoms with Gasteiger partial charge in [-0.1, -0.05) is 91.3 Å². The van der Waals surface area contributed by atoms with Gasteiger partial charge in [0.05, 0.1) is 6.10 Å². The monoisotopic (exact) mass is 371 g/mol. The van der Waals surface area contributed by atoms with E-state index in [0.29, 0.717) is 6.04 Å². The molecule has 2 heteroatoms. The van der Waals surface area contributed by atoms with Gasteiger partial charge in [0.15, 0.2) is 0 Å². The van der Waals surface area contributed by atoms with Crippen molar-refractivity contribution in [2.24, 2.45) is 0 Å². The first-order valence-electron chi connectivity index (χ1n) is 10.4. The molecule has 0 aliphatic carbocycles. The molecule has 1 N–H and O–H groups in total. The average Bonchev–Trinajstić information content (AvgIpc) is 2.79. The Morgan fingerprint density at radius 2 is 1.43 bits per heavy atom. The Morgan fingerprint density at radius 1 is 0.786 bits per heavy atom. The Kier molecular flexibility index (Phi) is 6.20. The molecule has 28 heavy (non-hydrogen) atoms. The van der Waals surface area contributed by atoms with E-state index in [9.17, 15) is 5.11 Å². The summed E-state index contributed by atoms with van der Waals surface area (Å²) in [5, 5.41) is 10.5. The van der Waals surface area contributed by atoms with E-state index in [0.717, 1.165) is 25.1 Å². The summed E-state index contributed by atoms with van der Waals surface area (Å²) in [6, 6.07) is 30.1. The lowest BCUT2D eigenvalue weighted by Crippen LogP contribution is -2.34. The Morgan fingerprint density at radius 3 is 2.14 bits per heavy atom. The van der Waals surface area contributed by atoms with Gasteiger partial charge in [0.25, 0.3) is 0 Å². The second kappa shape index (κ2) is 9.18. The van der Waals surface area contributed by atoms with Gasteiger partial charge in [-0.3, -0.25) is 4.90 Å². The summed E-state index contributed by atoms with van der Waals surface area (Å²) in [5.41, 5.74) is 4.95. The van der Waals surface area contributed by atoms with Crippen molar-refractivity contribution >= 4 is 0 Å². The van der Waals surface area contributed by atoms with Gasteiger partial charge in [-0.15, -0.1) is 0 Å². The first-order chi connectivity index (χ1) is 13.8. The largest absolute Gasteiger partial charge is 0.388 e. The number of aliphatic hydroxyl groups excluding tert-OH is 1. The molecule has 2 atom stereocenters. The first kappa shape index (κ1) is 18.9. The molecule has 2 nitrogen and oxygen atoms in total. The molecule has 0 spiro atoms. The normalized spacial score (nSPS) is 18.7. The smallest absolute Gasteiger partial charge is 0.0802 e. The van der Waals surface area contributed by atoms with Crippen LogP contribution in [0.25, 0.3) is 11.1 Å². The van der Waals surface area contributed by atoms with E-state index >= 15 is 0 Å². The van der Waals surface area contributed by atoms with Gasteiger partial charge in [0.1, 0.15) is 0 Å². The maximum absolute atomic E-state index is 10.5. The van der Waals surface area contributed by atoms with Crippen LogP contribution in [-0.4, -0.2) is 23.1 Å². The van der Waals surface area contributed by atoms with Crippen molar-refractivity contribution in [3.63, 3.8) is 0 Å². The molecule has 3 aromatic carbocycles. The van der Waals surface area contributed by atoms with Crippen LogP contribution in [0.1, 0.15) is 49.0 Å². The predicted octanol–water partition coefficient (Wildman–Crippen LogP) is 6.00. The molecule has 0 bridgehead atoms. The average molecular weight is 372 g/mol. The van der Waals surface area contributed by atoms with Crippen molar-refractivity contribution in [1.29, 1.82) is 0 Å². The number of aliphatic hydroxyl groups is 1. The van der Waals surface area contributed by atoms with Gasteiger partial charge in [-0.25, -0.2) is 0 Å². The highest BCUT2D eigenvalue weighted by Gasteiger charge is 2.24. The SMILES string of the molecule is OC(CCN1CCCCC1c1ccc(-c2ccccc2)cc1)c1ccccc1. The Balaban J connectivity index is 1.43. The Labute approximate surface area is 168 Å². The van der Waals surface area contributed by atoms with Crippen LogP contribution in [0.4, 0.5) is 0 Å². The third-order valence-electron chi connectivity index (χ3n) is 5.89. The fourth-order valence-electron chi connectivity index (χ4n) is 4.29. The van der Waals surface area contributed by atoms with Crippen molar-refractivity contribution in [3.05, 3.63) is 96.1 Å². The summed E-state index contributed by atoms with van der Waals surface area (Å²) in [6.45, 7) is 2.05. The lowest BCUT2D eigenvalue weighted by molar-refractivity contribution is 0.103. The molecule has 1 heterocycles. The summed E-state index contributed by atoms with van der Waals surface area (Å²) in [5.74, 6) is 0. The number of benzene rings is 3. The maximum atomic E-state index is 10.5. The van der Waals surface area contributed by atoms with E-state index < -0.39 is 0 Å². The molecule has 2 unspecified atom stereocenters. The zero-order valence-corrected chi connectivity index (χ0v) is 16.4. The molecule has 3 aromatic rings. The highest BCUT2D eigenvalue weighted by atomic mass is 16.3. The summed E-state index contributed by atoms with van der Waals surface area (Å²) in [4.78, 5) is 2.56. The molecule has 1 aliphatic heterocycles. The fraction of sp³-hybridized carbons (Fsp3) is 0.308. The highest BCUT2D eigenvalue weighted by molar-refractivity contribution is 5.63. The van der Waals surface area contributed by atoms with E-state index in [1.54, 1.807) is 0 Å². The standard InChI is InChI=1S/C26H29NO/c28-26(24-11-5-2-6-12-24)18-20-27-19-8-7-13-25(27)23-16-14-22(15-17-23)21-9-3-1-4-10-21/h1-6,9-12,14-17,25-26,28H,7-8,13,18-20H2. The summed E-state index contributed by atoms with van der Waals surface area (Å²) >= 11 is 0. The number of likely N-dealkylation sites (tertiary alicyclic amines) is 1. The Hall–Kier alpha value is -2.42. The molecule has 0 amide bonds. The number of rotatable bonds is 6. The molecule has 1 saturated heterocycles. The van der Waals surface area contributed by atoms with Gasteiger partial charge in [0, 0.05) is 12.6 Å². The van der Waals surface area contributed by atoms with Crippen molar-refractivity contribution in [3.8, 4) is 11.1 Å². The third-order valence-corrected chi connectivity index (χ3v) is 5.89. The van der Waals surface area contributed by atoms with Crippen molar-refractivity contribution in [2.45, 2.75) is 37.8 Å². The van der Waals surface area contributed by atoms with Crippen LogP contribution in [0, 0.1) is 0 Å². The lowest BCUT2D eigenvalue weighted by atomic mass is 9.93. The van der Waals surface area contributed by atoms with E-state index in [4.69, 9.17) is 0 Å². The maximum Gasteiger partial charge on any atom is 0.0802 e. The van der Waals surface area contributed by atoms with Crippen LogP contribution in [0.15, 0.2) is 84.9 Å². The highest BCUT2D eigenvalue weighted by Crippen LogP contribution is 2.33. The van der Waals surface area contributed by atoms with Gasteiger partial charge in [-0.2, -0.15) is 0 Å². The molecular formula is C26H29NO. The van der Waals surface area contributed by atoms with Crippen LogP contribution >= 0.6 is 0 Å². The van der Waals surface area contributed by atoms with Gasteiger partial charge < -0.3 is 5.11 Å². The molecule has 0 saturated carbocycles. The predicted molar refractivity (Wildman–Crippen MR) is 116 cm³/mol. The van der Waals surface area contributed by atoms with Crippen LogP contribution in [0.2, 0.25) is 0 Å². The zero-order valence-electron chi connectivity index (χ0n) is 16.4. The molecule has 1 fully saturated rings. The molecule has 0 aromatic heterocycles. The van der Waals surface area contributed by atoms with E-state index in [-0.39, 0.29) is 6.10 Å². The number of hydrogen-bond acceptors (Lipinski definition) is 2. The molecular weight excluding hydrogens is 342 g/mol. The molecule has 144 valence electrons. The number of hydrogen-bond donors (Lipinski definition) is 1. The molecule has 0 radical (unpaired) electrons. The molecule has 4 rings (SSSR count). The van der Waals surface area contributed by atoms with Crippen molar-refractivity contribution < 1.29 is 5.11 Å². The summed E-state index contributed by atoms with van der Waals surface area (Å²) in [6.07, 6.45) is 4.13. The van der Waals surface area contributed by atoms with E-state index in [1.807, 2.05) is 30.3 Å². The minimum absolute atomic E-state index is 0.385. The van der Waals surface area contributed by atoms with Gasteiger partial charge >= 0.3 is 0 Å². The van der Waals surface area contributed by atoms with E-state index in [1.165, 1.54) is 36.0 Å². The van der Waals surface area contributed by atoms with Crippen molar-refractivity contribution in [2.75, 3.05) is 13.1 Å². The Bertz CT molecular complexity index is 845. The minimum atomic E-state index is -0.385. The molecule has 1 aliphatic rings. The second-order valence-corrected chi connectivity index (χ2v) is 7.75. The minimum Gasteiger partial charge on any atom is -0.388 e. The number of piperidine rings is 1. The van der Waals surface area contributed by atoms with Crippen molar-refractivity contribution in [1.82, 2.24) is 4.90 Å². The van der Waals surface area contributed by atoms with Gasteiger partial charge in [0.2, 0.25) is 0 Å². The lowest BCUT2D eigenvalue weighted by Gasteiger charge is -2.36. The second-order valence-electron chi connectivity index (χ2n) is 7.75. The summed E-state index contributed by atoms with van der Waals surface area (Å²) < 4.78 is 0. The summed E-state index contributed by atoms with van der Waals surface area (Å²) in [7, 11) is 0. The van der Waals surface area contributed by atoms with Crippen LogP contribution in [0.3, 0.4) is 0 Å².